The summed E-state index contributed by atoms with van der Waals surface area (Å²) < 4.78 is 87.2. The van der Waals surface area contributed by atoms with E-state index < -0.39 is 35.6 Å². The molecule has 3 aromatic rings. The van der Waals surface area contributed by atoms with Crippen molar-refractivity contribution >= 4 is 10.9 Å². The molecule has 2 bridgehead atoms. The van der Waals surface area contributed by atoms with Crippen molar-refractivity contribution in [3.8, 4) is 5.75 Å². The summed E-state index contributed by atoms with van der Waals surface area (Å²) in [5.41, 5.74) is -1.47. The molecule has 216 valence electrons. The van der Waals surface area contributed by atoms with E-state index in [0.717, 1.165) is 18.6 Å². The fourth-order valence-corrected chi connectivity index (χ4v) is 6.59. The molecule has 4 heterocycles. The van der Waals surface area contributed by atoms with Crippen molar-refractivity contribution in [1.82, 2.24) is 4.98 Å². The Morgan fingerprint density at radius 1 is 1.07 bits per heavy atom. The van der Waals surface area contributed by atoms with E-state index in [1.54, 1.807) is 30.5 Å². The van der Waals surface area contributed by atoms with E-state index in [1.165, 1.54) is 7.11 Å². The van der Waals surface area contributed by atoms with E-state index in [2.05, 4.69) is 11.6 Å². The maximum absolute atomic E-state index is 13.6. The molecule has 0 amide bonds. The molecule has 40 heavy (non-hydrogen) atoms. The molecule has 0 radical (unpaired) electrons. The van der Waals surface area contributed by atoms with Gasteiger partial charge in [0.1, 0.15) is 24.4 Å². The molecule has 5 atom stereocenters. The lowest BCUT2D eigenvalue weighted by Gasteiger charge is -2.58. The Balaban J connectivity index is 0.00000370. The number of quaternary nitrogens is 1. The molecule has 11 heteroatoms. The van der Waals surface area contributed by atoms with Gasteiger partial charge in [0.25, 0.3) is 0 Å². The van der Waals surface area contributed by atoms with Gasteiger partial charge in [-0.25, -0.2) is 0 Å². The van der Waals surface area contributed by atoms with Crippen molar-refractivity contribution in [2.24, 2.45) is 11.8 Å². The molecule has 6 rings (SSSR count). The summed E-state index contributed by atoms with van der Waals surface area (Å²) in [5, 5.41) is 12.5. The van der Waals surface area contributed by atoms with Crippen molar-refractivity contribution in [3.05, 3.63) is 83.6 Å². The molecule has 3 saturated heterocycles. The highest BCUT2D eigenvalue weighted by Gasteiger charge is 2.54. The Kier molecular flexibility index (Phi) is 8.51. The third-order valence-corrected chi connectivity index (χ3v) is 8.49. The van der Waals surface area contributed by atoms with Crippen LogP contribution in [0.2, 0.25) is 0 Å². The van der Waals surface area contributed by atoms with E-state index in [0.29, 0.717) is 41.7 Å². The van der Waals surface area contributed by atoms with E-state index in [-0.39, 0.29) is 58.5 Å². The van der Waals surface area contributed by atoms with Crippen molar-refractivity contribution in [2.75, 3.05) is 20.2 Å². The fraction of sp³-hybridized carbons (Fsp3) is 0.414. The lowest BCUT2D eigenvalue weighted by atomic mass is 9.71. The van der Waals surface area contributed by atoms with Gasteiger partial charge in [0.05, 0.1) is 36.8 Å². The van der Waals surface area contributed by atoms with Crippen molar-refractivity contribution in [1.29, 1.82) is 0 Å². The Hall–Kier alpha value is -2.38. The number of hydrogen-bond acceptors (Lipinski definition) is 3. The highest BCUT2D eigenvalue weighted by molar-refractivity contribution is 5.83. The zero-order chi connectivity index (χ0) is 28.2. The van der Waals surface area contributed by atoms with Gasteiger partial charge in [0.2, 0.25) is 0 Å². The number of hydrogen-bond donors (Lipinski definition) is 1. The average molecular weight is 678 g/mol. The number of aliphatic hydroxyl groups is 1. The molecule has 1 N–H and O–H groups in total. The van der Waals surface area contributed by atoms with Gasteiger partial charge in [0, 0.05) is 35.9 Å². The van der Waals surface area contributed by atoms with Crippen LogP contribution in [0, 0.1) is 11.8 Å². The monoisotopic (exact) mass is 678 g/mol. The van der Waals surface area contributed by atoms with Gasteiger partial charge in [0.15, 0.2) is 0 Å². The molecule has 3 fully saturated rings. The number of aromatic nitrogens is 1. The van der Waals surface area contributed by atoms with Gasteiger partial charge >= 0.3 is 12.4 Å². The van der Waals surface area contributed by atoms with Gasteiger partial charge in [-0.15, -0.1) is 6.58 Å². The quantitative estimate of drug-likeness (QED) is 0.186. The average Bonchev–Trinajstić information content (AvgIpc) is 2.90. The van der Waals surface area contributed by atoms with Gasteiger partial charge in [-0.3, -0.25) is 4.98 Å². The second-order valence-electron chi connectivity index (χ2n) is 10.7. The number of nitrogens with zero attached hydrogens (tertiary/aromatic N) is 2. The molecule has 3 aliphatic heterocycles. The van der Waals surface area contributed by atoms with Crippen LogP contribution in [0.15, 0.2) is 61.3 Å². The lowest BCUT2D eigenvalue weighted by molar-refractivity contribution is -0.984. The fourth-order valence-electron chi connectivity index (χ4n) is 6.59. The summed E-state index contributed by atoms with van der Waals surface area (Å²) in [6.07, 6.45) is -6.16. The van der Waals surface area contributed by atoms with Crippen LogP contribution in [0.3, 0.4) is 0 Å². The van der Waals surface area contributed by atoms with Crippen molar-refractivity contribution in [3.63, 3.8) is 0 Å². The van der Waals surface area contributed by atoms with E-state index in [1.807, 2.05) is 6.08 Å². The van der Waals surface area contributed by atoms with Crippen molar-refractivity contribution in [2.45, 2.75) is 43.9 Å². The van der Waals surface area contributed by atoms with E-state index in [9.17, 15) is 31.4 Å². The van der Waals surface area contributed by atoms with Crippen LogP contribution in [0.5, 0.6) is 5.75 Å². The maximum atomic E-state index is 13.6. The molecule has 0 saturated carbocycles. The van der Waals surface area contributed by atoms with Crippen LogP contribution in [0.4, 0.5) is 26.3 Å². The zero-order valence-electron chi connectivity index (χ0n) is 21.6. The number of methoxy groups -OCH3 is 1. The summed E-state index contributed by atoms with van der Waals surface area (Å²) >= 11 is 0. The minimum atomic E-state index is -4.93. The van der Waals surface area contributed by atoms with Gasteiger partial charge in [-0.05, 0) is 53.9 Å². The number of benzene rings is 2. The molecule has 3 unspecified atom stereocenters. The summed E-state index contributed by atoms with van der Waals surface area (Å²) in [7, 11) is 1.53. The van der Waals surface area contributed by atoms with Crippen LogP contribution in [0.25, 0.3) is 10.9 Å². The highest BCUT2D eigenvalue weighted by Crippen LogP contribution is 2.48. The molecular weight excluding hydrogens is 649 g/mol. The number of piperidine rings is 3. The molecular formula is C29H29F6IN2O2. The minimum Gasteiger partial charge on any atom is -1.00 e. The van der Waals surface area contributed by atoms with Gasteiger partial charge in [-0.1, -0.05) is 6.08 Å². The minimum absolute atomic E-state index is 0. The first-order valence-electron chi connectivity index (χ1n) is 12.7. The Bertz CT molecular complexity index is 1360. The SMILES string of the molecule is C=CC1C[N+]2(Cc3cc(C(F)(F)F)cc(C(F)(F)F)c3)CCC1C[C@H]2[C@H](O)c1ccnc2ccc(OC)cc12.[I-]. The molecule has 2 aromatic carbocycles. The third-order valence-electron chi connectivity index (χ3n) is 8.49. The number of rotatable bonds is 6. The van der Waals surface area contributed by atoms with Crippen LogP contribution in [-0.4, -0.2) is 40.8 Å². The lowest BCUT2D eigenvalue weighted by Crippen LogP contribution is -3.00. The topological polar surface area (TPSA) is 42.4 Å². The summed E-state index contributed by atoms with van der Waals surface area (Å²) in [4.78, 5) is 4.37. The number of ether oxygens (including phenoxy) is 1. The number of halogens is 7. The van der Waals surface area contributed by atoms with Crippen molar-refractivity contribution < 1.29 is 64.6 Å². The molecule has 1 aromatic heterocycles. The molecule has 0 spiro atoms. The smallest absolute Gasteiger partial charge is 0.416 e. The summed E-state index contributed by atoms with van der Waals surface area (Å²) in [6, 6.07) is 8.34. The number of alkyl halides is 6. The Labute approximate surface area is 245 Å². The summed E-state index contributed by atoms with van der Waals surface area (Å²) in [6.45, 7) is 4.86. The number of aliphatic hydroxyl groups excluding tert-OH is 1. The second kappa shape index (κ2) is 11.1. The van der Waals surface area contributed by atoms with Gasteiger partial charge < -0.3 is 38.3 Å². The van der Waals surface area contributed by atoms with Crippen LogP contribution >= 0.6 is 0 Å². The second-order valence-corrected chi connectivity index (χ2v) is 10.7. The third kappa shape index (κ3) is 5.69. The number of pyridine rings is 1. The zero-order valence-corrected chi connectivity index (χ0v) is 23.8. The predicted molar refractivity (Wildman–Crippen MR) is 134 cm³/mol. The van der Waals surface area contributed by atoms with Gasteiger partial charge in [-0.2, -0.15) is 26.3 Å². The Morgan fingerprint density at radius 3 is 2.35 bits per heavy atom. The molecule has 4 nitrogen and oxygen atoms in total. The normalized spacial score (nSPS) is 25.4. The first-order chi connectivity index (χ1) is 18.3. The summed E-state index contributed by atoms with van der Waals surface area (Å²) in [5.74, 6) is 0.843. The molecule has 3 aliphatic rings. The maximum Gasteiger partial charge on any atom is 0.416 e. The van der Waals surface area contributed by atoms with E-state index in [4.69, 9.17) is 4.74 Å². The van der Waals surface area contributed by atoms with Crippen LogP contribution < -0.4 is 28.7 Å². The standard InChI is InChI=1S/C29H29F6N2O2.HI/c1-3-18-16-37(15-17-10-20(28(30,31)32)13-21(11-17)29(33,34)35)9-7-19(18)12-26(37)27(38)23-6-8-36-25-5-4-22(39-2)14-24(23)25;/h3-6,8,10-11,13-14,18-19,26-27,38H,1,7,9,12,15-16H2,2H3;1H/q+1;/p-1/t18?,19?,26-,27+,37?;/m0./s1. The van der Waals surface area contributed by atoms with Crippen LogP contribution in [0.1, 0.15) is 41.2 Å². The Morgan fingerprint density at radius 2 is 1.75 bits per heavy atom. The highest BCUT2D eigenvalue weighted by atomic mass is 127. The van der Waals surface area contributed by atoms with E-state index >= 15 is 0 Å². The largest absolute Gasteiger partial charge is 1.00 e. The number of fused-ring (bicyclic) bond motifs is 4. The van der Waals surface area contributed by atoms with Crippen LogP contribution in [-0.2, 0) is 18.9 Å². The molecule has 0 aliphatic carbocycles. The first-order valence-corrected chi connectivity index (χ1v) is 12.7. The predicted octanol–water partition coefficient (Wildman–Crippen LogP) is 3.93. The first kappa shape index (κ1) is 30.6.